The molecule has 3 heteroatoms. The third-order valence-corrected chi connectivity index (χ3v) is 36.7. The number of fused-ring (bicyclic) bond motifs is 9. The fourth-order valence-corrected chi connectivity index (χ4v) is 28.3. The smallest absolute Gasteiger partial charge is 0.0540 e. The van der Waals surface area contributed by atoms with E-state index < -0.39 is 0 Å². The zero-order chi connectivity index (χ0) is 101. The monoisotopic (exact) mass is 1960 g/mol. The predicted octanol–water partition coefficient (Wildman–Crippen LogP) is 43.0. The Labute approximate surface area is 895 Å². The Morgan fingerprint density at radius 1 is 0.147 bits per heavy atom. The maximum Gasteiger partial charge on any atom is 0.0540 e. The van der Waals surface area contributed by atoms with Gasteiger partial charge in [-0.05, 0) is 366 Å². The first-order valence-corrected chi connectivity index (χ1v) is 57.9. The normalized spacial score (nSPS) is 17.3. The third kappa shape index (κ3) is 20.0. The van der Waals surface area contributed by atoms with Crippen molar-refractivity contribution in [2.45, 2.75) is 286 Å². The molecule has 752 valence electrons. The molecular formula is C147H149N3. The summed E-state index contributed by atoms with van der Waals surface area (Å²) in [5.41, 5.74) is 49.7. The molecule has 0 N–H and O–H groups in total. The van der Waals surface area contributed by atoms with E-state index in [0.717, 1.165) is 11.8 Å². The third-order valence-electron chi connectivity index (χ3n) is 36.7. The summed E-state index contributed by atoms with van der Waals surface area (Å²) in [6.07, 6.45) is 41.0. The van der Waals surface area contributed by atoms with Crippen LogP contribution in [0.5, 0.6) is 0 Å². The van der Waals surface area contributed by atoms with E-state index in [2.05, 4.69) is 451 Å². The molecule has 0 heterocycles. The van der Waals surface area contributed by atoms with Crippen molar-refractivity contribution in [2.75, 3.05) is 14.7 Å². The molecule has 6 fully saturated rings. The quantitative estimate of drug-likeness (QED) is 0.0753. The Bertz CT molecular complexity index is 7480. The van der Waals surface area contributed by atoms with Gasteiger partial charge in [0.1, 0.15) is 0 Å². The number of rotatable bonds is 20. The summed E-state index contributed by atoms with van der Waals surface area (Å²) in [5.74, 6) is 4.27. The second-order valence-electron chi connectivity index (χ2n) is 47.2. The zero-order valence-electron chi connectivity index (χ0n) is 89.5. The van der Waals surface area contributed by atoms with Crippen molar-refractivity contribution >= 4 is 51.2 Å². The Balaban J connectivity index is 0.000000120. The highest BCUT2D eigenvalue weighted by molar-refractivity contribution is 5.93. The predicted molar refractivity (Wildman–Crippen MR) is 638 cm³/mol. The summed E-state index contributed by atoms with van der Waals surface area (Å²) in [5, 5.41) is 0. The number of hydrogen-bond donors (Lipinski definition) is 0. The first kappa shape index (κ1) is 98.2. The molecule has 0 aliphatic heterocycles. The molecule has 26 rings (SSSR count). The standard InChI is InChI=1S/2C51H51N.C45H47N/c1-51(2)48-24-14-12-23-46(48)47-31-30-44(35-49(47)51)52(50-25-15-13-22-45(50)39-20-10-5-11-21-39)43-28-26-38(27-29-43)42-33-40(36-16-6-3-7-17-36)32-41(34-42)37-18-8-4-9-19-37;1-51(2)49-21-13-12-20-47(49)48-31-30-46(35-50(48)51)52(44-26-22-39(23-27-44)36-14-6-3-7-15-36)45-28-24-40(25-29-45)43-33-41(37-16-8-4-9-17-37)32-42(34-43)38-18-10-5-11-19-38;1-45(2)43-21-13-12-20-41(43)42-27-26-40(31-44(42)45)46(38-18-10-5-11-19-38)39-24-22-34(23-25-39)37-29-35(32-14-6-3-7-15-32)28-36(30-37)33-16-8-4-9-17-33/h5,10-15,20-37H,3-4,6-9,16-19H2,1-2H3;3,6-7,12-15,20-35,37-38H,4-5,8-11,16-19H2,1-2H3;5,10-13,18-33H,3-4,6-9,14-17H2,1-2H3. The van der Waals surface area contributed by atoms with Gasteiger partial charge in [0, 0.05) is 67.3 Å². The maximum atomic E-state index is 2.61. The van der Waals surface area contributed by atoms with Gasteiger partial charge in [0.15, 0.2) is 0 Å². The fraction of sp³-hybridized carbons (Fsp3) is 0.306. The van der Waals surface area contributed by atoms with Crippen LogP contribution >= 0.6 is 0 Å². The molecule has 0 saturated heterocycles. The van der Waals surface area contributed by atoms with Gasteiger partial charge < -0.3 is 14.7 Å². The van der Waals surface area contributed by atoms with Crippen LogP contribution in [-0.2, 0) is 16.2 Å². The molecule has 6 saturated carbocycles. The average Bonchev–Trinajstić information content (AvgIpc) is 1.61. The summed E-state index contributed by atoms with van der Waals surface area (Å²) in [4.78, 5) is 7.36. The lowest BCUT2D eigenvalue weighted by molar-refractivity contribution is 0.435. The Morgan fingerprint density at radius 3 is 0.647 bits per heavy atom. The highest BCUT2D eigenvalue weighted by Gasteiger charge is 2.41. The van der Waals surface area contributed by atoms with Crippen LogP contribution in [0.3, 0.4) is 0 Å². The molecule has 150 heavy (non-hydrogen) atoms. The van der Waals surface area contributed by atoms with Crippen LogP contribution in [-0.4, -0.2) is 0 Å². The molecule has 0 spiro atoms. The number of para-hydroxylation sites is 2. The molecule has 17 aromatic rings. The number of hydrogen-bond acceptors (Lipinski definition) is 3. The van der Waals surface area contributed by atoms with E-state index in [1.165, 1.54) is 366 Å². The summed E-state index contributed by atoms with van der Waals surface area (Å²) < 4.78 is 0. The highest BCUT2D eigenvalue weighted by Crippen LogP contribution is 2.57. The molecular weight excluding hydrogens is 1810 g/mol. The number of anilines is 9. The molecule has 17 aromatic carbocycles. The molecule has 9 aliphatic rings. The van der Waals surface area contributed by atoms with Crippen LogP contribution in [0.4, 0.5) is 51.2 Å². The van der Waals surface area contributed by atoms with E-state index in [9.17, 15) is 0 Å². The number of benzene rings is 17. The van der Waals surface area contributed by atoms with Gasteiger partial charge in [-0.25, -0.2) is 0 Å². The van der Waals surface area contributed by atoms with E-state index in [4.69, 9.17) is 0 Å². The zero-order valence-corrected chi connectivity index (χ0v) is 89.5. The van der Waals surface area contributed by atoms with Gasteiger partial charge in [0.2, 0.25) is 0 Å². The van der Waals surface area contributed by atoms with Crippen LogP contribution < -0.4 is 14.7 Å². The van der Waals surface area contributed by atoms with Crippen LogP contribution in [0.2, 0.25) is 0 Å². The minimum Gasteiger partial charge on any atom is -0.310 e. The van der Waals surface area contributed by atoms with Crippen LogP contribution in [0.1, 0.15) is 336 Å². The van der Waals surface area contributed by atoms with Crippen molar-refractivity contribution in [1.82, 2.24) is 0 Å². The highest BCUT2D eigenvalue weighted by atomic mass is 15.2. The molecule has 0 aromatic heterocycles. The molecule has 0 radical (unpaired) electrons. The molecule has 0 atom stereocenters. The lowest BCUT2D eigenvalue weighted by Crippen LogP contribution is -2.16. The minimum absolute atomic E-state index is 0.0342. The molecule has 0 amide bonds. The molecule has 0 bridgehead atoms. The lowest BCUT2D eigenvalue weighted by Gasteiger charge is -2.30. The van der Waals surface area contributed by atoms with E-state index in [1.807, 2.05) is 0 Å². The molecule has 9 aliphatic carbocycles. The Morgan fingerprint density at radius 2 is 0.353 bits per heavy atom. The average molecular weight is 1960 g/mol. The first-order chi connectivity index (χ1) is 73.6. The second kappa shape index (κ2) is 43.2. The SMILES string of the molecule is CC1(C)c2ccccc2-c2ccc(N(c3ccc(-c4cc(C5CCCCC5)cc(C5CCCCC5)c4)cc3)c3ccccc3-c3ccccc3)cc21.CC1(C)c2ccccc2-c2ccc(N(c3ccc(-c4ccccc4)cc3)c3ccc(-c4cc(C5CCCCC5)cc(C5CCCCC5)c4)cc3)cc21.CC1(C)c2ccccc2-c2ccc(N(c3ccccc3)c3ccc(-c4cc(C5CCCCC5)cc(C5CCCCC5)c4)cc3)cc21. The van der Waals surface area contributed by atoms with Gasteiger partial charge in [-0.15, -0.1) is 0 Å². The molecule has 3 nitrogen and oxygen atoms in total. The van der Waals surface area contributed by atoms with Crippen molar-refractivity contribution in [3.05, 3.63) is 461 Å². The topological polar surface area (TPSA) is 9.72 Å². The number of nitrogens with zero attached hydrogens (tertiary/aromatic N) is 3. The maximum absolute atomic E-state index is 2.61. The largest absolute Gasteiger partial charge is 0.310 e. The van der Waals surface area contributed by atoms with E-state index in [0.29, 0.717) is 23.7 Å². The Hall–Kier alpha value is -13.9. The van der Waals surface area contributed by atoms with Crippen molar-refractivity contribution < 1.29 is 0 Å². The summed E-state index contributed by atoms with van der Waals surface area (Å²) >= 11 is 0. The van der Waals surface area contributed by atoms with Crippen molar-refractivity contribution in [3.63, 3.8) is 0 Å². The second-order valence-corrected chi connectivity index (χ2v) is 47.2. The van der Waals surface area contributed by atoms with Crippen LogP contribution in [0, 0.1) is 0 Å². The summed E-state index contributed by atoms with van der Waals surface area (Å²) in [6, 6.07) is 150. The van der Waals surface area contributed by atoms with Crippen molar-refractivity contribution in [3.8, 4) is 89.0 Å². The van der Waals surface area contributed by atoms with Gasteiger partial charge in [0.05, 0.1) is 5.69 Å². The van der Waals surface area contributed by atoms with Crippen LogP contribution in [0.15, 0.2) is 394 Å². The van der Waals surface area contributed by atoms with Crippen LogP contribution in [0.25, 0.3) is 89.0 Å². The first-order valence-electron chi connectivity index (χ1n) is 57.9. The fourth-order valence-electron chi connectivity index (χ4n) is 28.3. The minimum atomic E-state index is -0.0736. The van der Waals surface area contributed by atoms with Gasteiger partial charge in [-0.1, -0.05) is 448 Å². The molecule has 0 unspecified atom stereocenters. The van der Waals surface area contributed by atoms with Crippen molar-refractivity contribution in [1.29, 1.82) is 0 Å². The lowest BCUT2D eigenvalue weighted by atomic mass is 9.78. The Kier molecular flexibility index (Phi) is 28.3. The van der Waals surface area contributed by atoms with E-state index >= 15 is 0 Å². The van der Waals surface area contributed by atoms with Crippen molar-refractivity contribution in [2.24, 2.45) is 0 Å². The van der Waals surface area contributed by atoms with Gasteiger partial charge >= 0.3 is 0 Å². The van der Waals surface area contributed by atoms with E-state index in [-0.39, 0.29) is 16.2 Å². The summed E-state index contributed by atoms with van der Waals surface area (Å²) in [7, 11) is 0. The van der Waals surface area contributed by atoms with Gasteiger partial charge in [-0.2, -0.15) is 0 Å². The van der Waals surface area contributed by atoms with Gasteiger partial charge in [-0.3, -0.25) is 0 Å². The van der Waals surface area contributed by atoms with E-state index in [1.54, 1.807) is 33.4 Å². The summed E-state index contributed by atoms with van der Waals surface area (Å²) in [6.45, 7) is 14.2. The van der Waals surface area contributed by atoms with Gasteiger partial charge in [0.25, 0.3) is 0 Å².